The molecule has 0 saturated carbocycles. The summed E-state index contributed by atoms with van der Waals surface area (Å²) in [5, 5.41) is 0. The van der Waals surface area contributed by atoms with Gasteiger partial charge >= 0.3 is 0 Å². The van der Waals surface area contributed by atoms with Crippen LogP contribution in [0.2, 0.25) is 0 Å². The van der Waals surface area contributed by atoms with Crippen molar-refractivity contribution in [3.8, 4) is 0 Å². The first-order valence-electron chi connectivity index (χ1n) is 6.90. The molecule has 2 aliphatic heterocycles. The summed E-state index contributed by atoms with van der Waals surface area (Å²) in [6, 6.07) is 0. The first kappa shape index (κ1) is 13.3. The van der Waals surface area contributed by atoms with Gasteiger partial charge < -0.3 is 9.47 Å². The van der Waals surface area contributed by atoms with E-state index in [0.717, 1.165) is 46.0 Å². The van der Waals surface area contributed by atoms with Crippen LogP contribution in [0.5, 0.6) is 0 Å². The van der Waals surface area contributed by atoms with Gasteiger partial charge in [0.15, 0.2) is 0 Å². The molecule has 0 N–H and O–H groups in total. The third-order valence-electron chi connectivity index (χ3n) is 3.76. The maximum Gasteiger partial charge on any atom is 0.0725 e. The number of hydrogen-bond donors (Lipinski definition) is 0. The van der Waals surface area contributed by atoms with E-state index in [9.17, 15) is 0 Å². The fraction of sp³-hybridized carbons (Fsp3) is 1.00. The Balaban J connectivity index is 1.67. The number of nitrogens with zero attached hydrogens (tertiary/aromatic N) is 2. The highest BCUT2D eigenvalue weighted by Crippen LogP contribution is 2.13. The highest BCUT2D eigenvalue weighted by Gasteiger charge is 2.23. The van der Waals surface area contributed by atoms with E-state index in [4.69, 9.17) is 9.47 Å². The van der Waals surface area contributed by atoms with Crippen LogP contribution < -0.4 is 0 Å². The van der Waals surface area contributed by atoms with Crippen molar-refractivity contribution in [1.29, 1.82) is 0 Å². The molecule has 0 radical (unpaired) electrons. The lowest BCUT2D eigenvalue weighted by Gasteiger charge is -2.36. The van der Waals surface area contributed by atoms with Gasteiger partial charge in [0.1, 0.15) is 0 Å². The zero-order chi connectivity index (χ0) is 12.1. The molecule has 0 bridgehead atoms. The molecular weight excluding hydrogens is 216 g/mol. The average Bonchev–Trinajstić information content (AvgIpc) is 2.38. The Bertz CT molecular complexity index is 217. The molecule has 17 heavy (non-hydrogen) atoms. The lowest BCUT2D eigenvalue weighted by atomic mass is 10.1. The molecule has 1 atom stereocenters. The van der Waals surface area contributed by atoms with Crippen LogP contribution in [0.25, 0.3) is 0 Å². The molecule has 2 heterocycles. The summed E-state index contributed by atoms with van der Waals surface area (Å²) in [4.78, 5) is 5.05. The van der Waals surface area contributed by atoms with Gasteiger partial charge in [-0.25, -0.2) is 0 Å². The lowest BCUT2D eigenvalue weighted by molar-refractivity contribution is -0.0541. The number of rotatable bonds is 4. The predicted octanol–water partition coefficient (Wildman–Crippen LogP) is 0.675. The quantitative estimate of drug-likeness (QED) is 0.723. The lowest BCUT2D eigenvalue weighted by Crippen LogP contribution is -2.48. The maximum atomic E-state index is 5.79. The number of ether oxygens (including phenoxy) is 2. The van der Waals surface area contributed by atoms with E-state index < -0.39 is 0 Å². The SMILES string of the molecule is CC(C)C1CN(CCN2CCOCC2)CCO1. The van der Waals surface area contributed by atoms with Crippen molar-refractivity contribution < 1.29 is 9.47 Å². The molecule has 100 valence electrons. The molecule has 4 heteroatoms. The minimum atomic E-state index is 0.424. The normalized spacial score (nSPS) is 28.8. The van der Waals surface area contributed by atoms with E-state index in [1.165, 1.54) is 13.1 Å². The van der Waals surface area contributed by atoms with Crippen molar-refractivity contribution in [1.82, 2.24) is 9.80 Å². The van der Waals surface area contributed by atoms with E-state index in [2.05, 4.69) is 23.6 Å². The standard InChI is InChI=1S/C13H26N2O2/c1-12(2)13-11-15(7-10-17-13)4-3-14-5-8-16-9-6-14/h12-13H,3-11H2,1-2H3. The summed E-state index contributed by atoms with van der Waals surface area (Å²) in [5.74, 6) is 0.626. The molecule has 0 amide bonds. The van der Waals surface area contributed by atoms with E-state index in [0.29, 0.717) is 12.0 Å². The predicted molar refractivity (Wildman–Crippen MR) is 68.3 cm³/mol. The third kappa shape index (κ3) is 4.21. The Morgan fingerprint density at radius 3 is 2.35 bits per heavy atom. The van der Waals surface area contributed by atoms with Crippen LogP contribution in [0.15, 0.2) is 0 Å². The van der Waals surface area contributed by atoms with E-state index in [1.807, 2.05) is 0 Å². The smallest absolute Gasteiger partial charge is 0.0725 e. The van der Waals surface area contributed by atoms with Crippen molar-refractivity contribution in [3.05, 3.63) is 0 Å². The monoisotopic (exact) mass is 242 g/mol. The van der Waals surface area contributed by atoms with Gasteiger partial charge in [-0.1, -0.05) is 13.8 Å². The molecule has 1 unspecified atom stereocenters. The summed E-state index contributed by atoms with van der Waals surface area (Å²) in [6.07, 6.45) is 0.424. The van der Waals surface area contributed by atoms with Crippen LogP contribution in [0, 0.1) is 5.92 Å². The molecule has 4 nitrogen and oxygen atoms in total. The average molecular weight is 242 g/mol. The summed E-state index contributed by atoms with van der Waals surface area (Å²) < 4.78 is 11.2. The van der Waals surface area contributed by atoms with Crippen molar-refractivity contribution in [2.75, 3.05) is 59.1 Å². The van der Waals surface area contributed by atoms with Crippen molar-refractivity contribution in [2.45, 2.75) is 20.0 Å². The molecule has 2 aliphatic rings. The van der Waals surface area contributed by atoms with Crippen LogP contribution >= 0.6 is 0 Å². The highest BCUT2D eigenvalue weighted by atomic mass is 16.5. The second-order valence-electron chi connectivity index (χ2n) is 5.41. The Morgan fingerprint density at radius 2 is 1.65 bits per heavy atom. The fourth-order valence-electron chi connectivity index (χ4n) is 2.45. The van der Waals surface area contributed by atoms with Crippen molar-refractivity contribution in [2.24, 2.45) is 5.92 Å². The van der Waals surface area contributed by atoms with Crippen LogP contribution in [0.3, 0.4) is 0 Å². The van der Waals surface area contributed by atoms with Crippen LogP contribution in [0.4, 0.5) is 0 Å². The van der Waals surface area contributed by atoms with Gasteiger partial charge in [-0.05, 0) is 5.92 Å². The summed E-state index contributed by atoms with van der Waals surface area (Å²) in [6.45, 7) is 13.9. The van der Waals surface area contributed by atoms with Crippen molar-refractivity contribution in [3.63, 3.8) is 0 Å². The Labute approximate surface area is 105 Å². The first-order valence-corrected chi connectivity index (χ1v) is 6.90. The van der Waals surface area contributed by atoms with E-state index in [-0.39, 0.29) is 0 Å². The molecule has 0 aromatic carbocycles. The molecule has 2 saturated heterocycles. The Hall–Kier alpha value is -0.160. The second-order valence-corrected chi connectivity index (χ2v) is 5.41. The van der Waals surface area contributed by atoms with Gasteiger partial charge in [0, 0.05) is 39.3 Å². The molecule has 0 aliphatic carbocycles. The Morgan fingerprint density at radius 1 is 1.00 bits per heavy atom. The van der Waals surface area contributed by atoms with Gasteiger partial charge in [-0.3, -0.25) is 9.80 Å². The second kappa shape index (κ2) is 6.69. The van der Waals surface area contributed by atoms with Gasteiger partial charge in [-0.15, -0.1) is 0 Å². The van der Waals surface area contributed by atoms with Crippen LogP contribution in [-0.4, -0.2) is 75.0 Å². The molecule has 0 spiro atoms. The maximum absolute atomic E-state index is 5.79. The molecular formula is C13H26N2O2. The van der Waals surface area contributed by atoms with Gasteiger partial charge in [-0.2, -0.15) is 0 Å². The van der Waals surface area contributed by atoms with Crippen LogP contribution in [0.1, 0.15) is 13.8 Å². The fourth-order valence-corrected chi connectivity index (χ4v) is 2.45. The largest absolute Gasteiger partial charge is 0.379 e. The minimum absolute atomic E-state index is 0.424. The highest BCUT2D eigenvalue weighted by molar-refractivity contribution is 4.75. The third-order valence-corrected chi connectivity index (χ3v) is 3.76. The Kier molecular flexibility index (Phi) is 5.22. The van der Waals surface area contributed by atoms with Crippen molar-refractivity contribution >= 4 is 0 Å². The van der Waals surface area contributed by atoms with Gasteiger partial charge in [0.05, 0.1) is 25.9 Å². The summed E-state index contributed by atoms with van der Waals surface area (Å²) >= 11 is 0. The summed E-state index contributed by atoms with van der Waals surface area (Å²) in [7, 11) is 0. The molecule has 0 aromatic heterocycles. The van der Waals surface area contributed by atoms with Gasteiger partial charge in [0.25, 0.3) is 0 Å². The number of hydrogen-bond acceptors (Lipinski definition) is 4. The number of morpholine rings is 2. The molecule has 2 fully saturated rings. The molecule has 2 rings (SSSR count). The van der Waals surface area contributed by atoms with E-state index in [1.54, 1.807) is 0 Å². The zero-order valence-electron chi connectivity index (χ0n) is 11.2. The first-order chi connectivity index (χ1) is 8.25. The topological polar surface area (TPSA) is 24.9 Å². The van der Waals surface area contributed by atoms with Crippen LogP contribution in [-0.2, 0) is 9.47 Å². The van der Waals surface area contributed by atoms with E-state index >= 15 is 0 Å². The minimum Gasteiger partial charge on any atom is -0.379 e. The summed E-state index contributed by atoms with van der Waals surface area (Å²) in [5.41, 5.74) is 0. The zero-order valence-corrected chi connectivity index (χ0v) is 11.2. The van der Waals surface area contributed by atoms with Gasteiger partial charge in [0.2, 0.25) is 0 Å². The molecule has 0 aromatic rings.